The Morgan fingerprint density at radius 2 is 2.00 bits per heavy atom. The zero-order chi connectivity index (χ0) is 17.6. The summed E-state index contributed by atoms with van der Waals surface area (Å²) in [4.78, 5) is 9.22. The van der Waals surface area contributed by atoms with E-state index in [1.807, 2.05) is 24.4 Å². The normalized spacial score (nSPS) is 14.8. The van der Waals surface area contributed by atoms with E-state index in [1.165, 1.54) is 0 Å². The number of nitrogens with zero attached hydrogens (tertiary/aromatic N) is 4. The molecule has 130 valence electrons. The molecule has 25 heavy (non-hydrogen) atoms. The van der Waals surface area contributed by atoms with Crippen LogP contribution in [0.15, 0.2) is 36.5 Å². The van der Waals surface area contributed by atoms with Crippen LogP contribution in [0.2, 0.25) is 0 Å². The molecule has 1 saturated heterocycles. The maximum absolute atomic E-state index is 9.16. The molecule has 0 saturated carbocycles. The van der Waals surface area contributed by atoms with E-state index < -0.39 is 0 Å². The van der Waals surface area contributed by atoms with Crippen molar-refractivity contribution in [2.24, 2.45) is 0 Å². The average molecular weight is 337 g/mol. The zero-order valence-electron chi connectivity index (χ0n) is 14.7. The van der Waals surface area contributed by atoms with Gasteiger partial charge in [0.2, 0.25) is 0 Å². The molecular formula is C19H23N5O. The predicted molar refractivity (Wildman–Crippen MR) is 99.0 cm³/mol. The van der Waals surface area contributed by atoms with Gasteiger partial charge in [-0.1, -0.05) is 6.07 Å². The largest absolute Gasteiger partial charge is 0.495 e. The van der Waals surface area contributed by atoms with E-state index in [1.54, 1.807) is 7.11 Å². The molecule has 2 aromatic rings. The first-order valence-corrected chi connectivity index (χ1v) is 8.40. The van der Waals surface area contributed by atoms with Crippen molar-refractivity contribution in [1.82, 2.24) is 9.88 Å². The molecule has 0 bridgehead atoms. The summed E-state index contributed by atoms with van der Waals surface area (Å²) in [6, 6.07) is 11.9. The van der Waals surface area contributed by atoms with Crippen LogP contribution < -0.4 is 15.0 Å². The highest BCUT2D eigenvalue weighted by Gasteiger charge is 2.14. The predicted octanol–water partition coefficient (Wildman–Crippen LogP) is 2.33. The molecule has 1 fully saturated rings. The van der Waals surface area contributed by atoms with E-state index in [2.05, 4.69) is 45.4 Å². The van der Waals surface area contributed by atoms with Crippen LogP contribution in [0.25, 0.3) is 0 Å². The van der Waals surface area contributed by atoms with Crippen molar-refractivity contribution in [2.75, 3.05) is 50.6 Å². The SMILES string of the molecule is COc1ccc(CNc2ccc(N3CCN(C)CC3)nc2)cc1C#N. The minimum absolute atomic E-state index is 0.547. The highest BCUT2D eigenvalue weighted by atomic mass is 16.5. The molecule has 0 atom stereocenters. The van der Waals surface area contributed by atoms with Crippen LogP contribution in [0, 0.1) is 11.3 Å². The number of piperazine rings is 1. The van der Waals surface area contributed by atoms with E-state index in [0.29, 0.717) is 17.9 Å². The summed E-state index contributed by atoms with van der Waals surface area (Å²) >= 11 is 0. The molecule has 1 aromatic heterocycles. The van der Waals surface area contributed by atoms with Gasteiger partial charge in [0.05, 0.1) is 24.6 Å². The fourth-order valence-corrected chi connectivity index (χ4v) is 2.87. The molecule has 1 N–H and O–H groups in total. The maximum Gasteiger partial charge on any atom is 0.136 e. The van der Waals surface area contributed by atoms with Gasteiger partial charge in [-0.3, -0.25) is 0 Å². The Kier molecular flexibility index (Phi) is 5.36. The van der Waals surface area contributed by atoms with Gasteiger partial charge in [-0.25, -0.2) is 4.98 Å². The Hall–Kier alpha value is -2.78. The molecule has 0 unspecified atom stereocenters. The standard InChI is InChI=1S/C19H23N5O/c1-23-7-9-24(10-8-23)19-6-4-17(14-22-19)21-13-15-3-5-18(25-2)16(11-15)12-20/h3-6,11,14,21H,7-10,13H2,1-2H3. The molecule has 6 heteroatoms. The smallest absolute Gasteiger partial charge is 0.136 e. The lowest BCUT2D eigenvalue weighted by Gasteiger charge is -2.33. The molecule has 6 nitrogen and oxygen atoms in total. The number of hydrogen-bond donors (Lipinski definition) is 1. The van der Waals surface area contributed by atoms with Crippen molar-refractivity contribution in [2.45, 2.75) is 6.54 Å². The summed E-state index contributed by atoms with van der Waals surface area (Å²) < 4.78 is 5.17. The summed E-state index contributed by atoms with van der Waals surface area (Å²) in [5.41, 5.74) is 2.54. The third-order valence-electron chi connectivity index (χ3n) is 4.46. The van der Waals surface area contributed by atoms with Gasteiger partial charge in [0.25, 0.3) is 0 Å². The molecule has 0 amide bonds. The molecule has 2 heterocycles. The quantitative estimate of drug-likeness (QED) is 0.903. The highest BCUT2D eigenvalue weighted by Crippen LogP contribution is 2.20. The number of methoxy groups -OCH3 is 1. The maximum atomic E-state index is 9.16. The molecule has 1 aliphatic rings. The summed E-state index contributed by atoms with van der Waals surface area (Å²) in [5, 5.41) is 12.5. The Labute approximate surface area is 148 Å². The van der Waals surface area contributed by atoms with Crippen LogP contribution in [0.4, 0.5) is 11.5 Å². The van der Waals surface area contributed by atoms with Gasteiger partial charge in [0, 0.05) is 32.7 Å². The van der Waals surface area contributed by atoms with E-state index in [0.717, 1.165) is 43.2 Å². The molecule has 1 aromatic carbocycles. The van der Waals surface area contributed by atoms with Crippen LogP contribution in [-0.4, -0.2) is 50.2 Å². The van der Waals surface area contributed by atoms with Gasteiger partial charge in [-0.2, -0.15) is 5.26 Å². The molecule has 0 radical (unpaired) electrons. The number of hydrogen-bond acceptors (Lipinski definition) is 6. The number of rotatable bonds is 5. The van der Waals surface area contributed by atoms with Gasteiger partial charge in [-0.05, 0) is 36.9 Å². The van der Waals surface area contributed by atoms with Crippen LogP contribution in [-0.2, 0) is 6.54 Å². The fourth-order valence-electron chi connectivity index (χ4n) is 2.87. The first kappa shape index (κ1) is 17.1. The van der Waals surface area contributed by atoms with Gasteiger partial charge < -0.3 is 19.9 Å². The number of aromatic nitrogens is 1. The molecule has 1 aliphatic heterocycles. The number of pyridine rings is 1. The lowest BCUT2D eigenvalue weighted by atomic mass is 10.1. The minimum atomic E-state index is 0.547. The van der Waals surface area contributed by atoms with Gasteiger partial charge in [0.15, 0.2) is 0 Å². The zero-order valence-corrected chi connectivity index (χ0v) is 14.7. The number of likely N-dealkylation sites (N-methyl/N-ethyl adjacent to an activating group) is 1. The van der Waals surface area contributed by atoms with Crippen LogP contribution in [0.3, 0.4) is 0 Å². The molecule has 3 rings (SSSR count). The number of ether oxygens (including phenoxy) is 1. The van der Waals surface area contributed by atoms with Crippen molar-refractivity contribution in [1.29, 1.82) is 5.26 Å². The number of nitrogens with one attached hydrogen (secondary N) is 1. The first-order chi connectivity index (χ1) is 12.2. The fraction of sp³-hybridized carbons (Fsp3) is 0.368. The lowest BCUT2D eigenvalue weighted by molar-refractivity contribution is 0.312. The third-order valence-corrected chi connectivity index (χ3v) is 4.46. The number of benzene rings is 1. The monoisotopic (exact) mass is 337 g/mol. The number of nitriles is 1. The second kappa shape index (κ2) is 7.86. The summed E-state index contributed by atoms with van der Waals surface area (Å²) in [6.45, 7) is 4.80. The lowest BCUT2D eigenvalue weighted by Crippen LogP contribution is -2.44. The van der Waals surface area contributed by atoms with Crippen LogP contribution in [0.5, 0.6) is 5.75 Å². The van der Waals surface area contributed by atoms with E-state index >= 15 is 0 Å². The highest BCUT2D eigenvalue weighted by molar-refractivity contribution is 5.50. The first-order valence-electron chi connectivity index (χ1n) is 8.40. The Morgan fingerprint density at radius 1 is 1.20 bits per heavy atom. The van der Waals surface area contributed by atoms with Crippen LogP contribution >= 0.6 is 0 Å². The second-order valence-corrected chi connectivity index (χ2v) is 6.20. The van der Waals surface area contributed by atoms with Gasteiger partial charge in [0.1, 0.15) is 17.6 Å². The van der Waals surface area contributed by atoms with Crippen molar-refractivity contribution in [3.63, 3.8) is 0 Å². The van der Waals surface area contributed by atoms with E-state index in [9.17, 15) is 0 Å². The van der Waals surface area contributed by atoms with Crippen molar-refractivity contribution in [3.05, 3.63) is 47.7 Å². The van der Waals surface area contributed by atoms with Gasteiger partial charge >= 0.3 is 0 Å². The Bertz CT molecular complexity index is 745. The van der Waals surface area contributed by atoms with Crippen molar-refractivity contribution < 1.29 is 4.74 Å². The van der Waals surface area contributed by atoms with Crippen molar-refractivity contribution in [3.8, 4) is 11.8 Å². The Morgan fingerprint density at radius 3 is 2.64 bits per heavy atom. The average Bonchev–Trinajstić information content (AvgIpc) is 2.67. The topological polar surface area (TPSA) is 64.4 Å². The van der Waals surface area contributed by atoms with E-state index in [4.69, 9.17) is 10.00 Å². The summed E-state index contributed by atoms with van der Waals surface area (Å²) in [5.74, 6) is 1.62. The Balaban J connectivity index is 1.60. The van der Waals surface area contributed by atoms with Crippen LogP contribution in [0.1, 0.15) is 11.1 Å². The second-order valence-electron chi connectivity index (χ2n) is 6.20. The molecule has 0 spiro atoms. The summed E-state index contributed by atoms with van der Waals surface area (Å²) in [6.07, 6.45) is 1.86. The molecular weight excluding hydrogens is 314 g/mol. The summed E-state index contributed by atoms with van der Waals surface area (Å²) in [7, 11) is 3.72. The number of anilines is 2. The van der Waals surface area contributed by atoms with Crippen molar-refractivity contribution >= 4 is 11.5 Å². The third kappa shape index (κ3) is 4.20. The van der Waals surface area contributed by atoms with E-state index in [-0.39, 0.29) is 0 Å². The molecule has 0 aliphatic carbocycles. The van der Waals surface area contributed by atoms with Gasteiger partial charge in [-0.15, -0.1) is 0 Å². The minimum Gasteiger partial charge on any atom is -0.495 e.